The standard InChI is InChI=1S/C30H38F2N4O7/c1-15(2)22(38)26(40)34-20-8-6-7-9-30(41,16-10-17(31)12-18(32)11-16)24-21(27-33-19(13-37)14-42-27)35-28(43-24)23(29(3,4)5)36-25(20)39/h10-12,14-15,20,22-23,37-38,41H,6-9,13H2,1-5H3,(H,34,40)(H,36,39)/t20-,22-,23+,30?/m0/s1. The molecule has 1 aliphatic rings. The lowest BCUT2D eigenvalue weighted by atomic mass is 9.84. The van der Waals surface area contributed by atoms with Crippen LogP contribution in [0.1, 0.15) is 89.3 Å². The number of carbonyl (C=O) groups is 2. The Balaban J connectivity index is 1.89. The normalized spacial score (nSPS) is 22.4. The van der Waals surface area contributed by atoms with Gasteiger partial charge in [-0.15, -0.1) is 0 Å². The second-order valence-corrected chi connectivity index (χ2v) is 12.4. The molecule has 3 aromatic rings. The number of amides is 2. The molecule has 4 rings (SSSR count). The first-order chi connectivity index (χ1) is 20.1. The number of aromatic nitrogens is 2. The van der Waals surface area contributed by atoms with Gasteiger partial charge < -0.3 is 34.8 Å². The van der Waals surface area contributed by atoms with Crippen molar-refractivity contribution < 1.29 is 42.5 Å². The predicted molar refractivity (Wildman–Crippen MR) is 149 cm³/mol. The van der Waals surface area contributed by atoms with Crippen molar-refractivity contribution in [2.24, 2.45) is 11.3 Å². The Hall–Kier alpha value is -3.68. The zero-order valence-electron chi connectivity index (χ0n) is 24.8. The summed E-state index contributed by atoms with van der Waals surface area (Å²) in [6, 6.07) is 0.699. The third-order valence-electron chi connectivity index (χ3n) is 7.49. The Bertz CT molecular complexity index is 1440. The van der Waals surface area contributed by atoms with Crippen molar-refractivity contribution in [1.82, 2.24) is 20.6 Å². The quantitative estimate of drug-likeness (QED) is 0.282. The number of nitrogens with one attached hydrogen (secondary N) is 2. The number of aliphatic hydroxyl groups excluding tert-OH is 2. The summed E-state index contributed by atoms with van der Waals surface area (Å²) in [6.45, 7) is 8.34. The molecule has 0 aliphatic carbocycles. The minimum Gasteiger partial charge on any atom is -0.443 e. The molecule has 13 heteroatoms. The van der Waals surface area contributed by atoms with Crippen LogP contribution < -0.4 is 10.6 Å². The molecule has 1 aromatic carbocycles. The number of hydrogen-bond donors (Lipinski definition) is 5. The summed E-state index contributed by atoms with van der Waals surface area (Å²) < 4.78 is 40.7. The van der Waals surface area contributed by atoms with Crippen LogP contribution in [-0.2, 0) is 21.8 Å². The highest BCUT2D eigenvalue weighted by molar-refractivity contribution is 5.89. The molecule has 2 aromatic heterocycles. The van der Waals surface area contributed by atoms with Crippen LogP contribution in [0.15, 0.2) is 33.3 Å². The predicted octanol–water partition coefficient (Wildman–Crippen LogP) is 3.62. The summed E-state index contributed by atoms with van der Waals surface area (Å²) in [6.07, 6.45) is 0.396. The van der Waals surface area contributed by atoms with Gasteiger partial charge in [0.1, 0.15) is 47.4 Å². The zero-order valence-corrected chi connectivity index (χ0v) is 24.8. The van der Waals surface area contributed by atoms with Crippen LogP contribution in [0.2, 0.25) is 0 Å². The van der Waals surface area contributed by atoms with Gasteiger partial charge in [-0.3, -0.25) is 9.59 Å². The number of fused-ring (bicyclic) bond motifs is 2. The van der Waals surface area contributed by atoms with Crippen molar-refractivity contribution in [3.63, 3.8) is 0 Å². The van der Waals surface area contributed by atoms with Gasteiger partial charge in [0, 0.05) is 6.07 Å². The number of hydrogen-bond acceptors (Lipinski definition) is 9. The highest BCUT2D eigenvalue weighted by Crippen LogP contribution is 2.44. The molecule has 0 saturated carbocycles. The Morgan fingerprint density at radius 1 is 1.19 bits per heavy atom. The van der Waals surface area contributed by atoms with Gasteiger partial charge in [0.2, 0.25) is 23.6 Å². The summed E-state index contributed by atoms with van der Waals surface area (Å²) in [5, 5.41) is 37.6. The van der Waals surface area contributed by atoms with E-state index in [4.69, 9.17) is 8.83 Å². The van der Waals surface area contributed by atoms with Gasteiger partial charge >= 0.3 is 0 Å². The second-order valence-electron chi connectivity index (χ2n) is 12.4. The van der Waals surface area contributed by atoms with Crippen molar-refractivity contribution >= 4 is 11.8 Å². The van der Waals surface area contributed by atoms with E-state index in [1.54, 1.807) is 13.8 Å². The maximum absolute atomic E-state index is 14.5. The van der Waals surface area contributed by atoms with E-state index in [1.165, 1.54) is 6.26 Å². The van der Waals surface area contributed by atoms with Gasteiger partial charge in [-0.1, -0.05) is 41.0 Å². The maximum atomic E-state index is 14.5. The van der Waals surface area contributed by atoms with Gasteiger partial charge in [-0.2, -0.15) is 0 Å². The van der Waals surface area contributed by atoms with Gasteiger partial charge in [0.05, 0.1) is 6.61 Å². The summed E-state index contributed by atoms with van der Waals surface area (Å²) in [5.41, 5.74) is -2.90. The molecule has 234 valence electrons. The number of halogens is 2. The Kier molecular flexibility index (Phi) is 9.38. The van der Waals surface area contributed by atoms with E-state index < -0.39 is 59.3 Å². The van der Waals surface area contributed by atoms with Crippen LogP contribution >= 0.6 is 0 Å². The first-order valence-electron chi connectivity index (χ1n) is 14.2. The fraction of sp³-hybridized carbons (Fsp3) is 0.533. The molecule has 0 fully saturated rings. The minimum atomic E-state index is -2.13. The maximum Gasteiger partial charge on any atom is 0.249 e. The third kappa shape index (κ3) is 6.94. The van der Waals surface area contributed by atoms with E-state index in [2.05, 4.69) is 20.6 Å². The molecule has 2 amide bonds. The molecule has 1 unspecified atom stereocenters. The van der Waals surface area contributed by atoms with Gasteiger partial charge in [-0.05, 0) is 48.3 Å². The van der Waals surface area contributed by atoms with Gasteiger partial charge in [0.25, 0.3) is 0 Å². The van der Waals surface area contributed by atoms with E-state index in [0.717, 1.165) is 12.1 Å². The Morgan fingerprint density at radius 2 is 1.86 bits per heavy atom. The third-order valence-corrected chi connectivity index (χ3v) is 7.49. The van der Waals surface area contributed by atoms with E-state index in [-0.39, 0.29) is 59.7 Å². The van der Waals surface area contributed by atoms with Gasteiger partial charge in [0.15, 0.2) is 11.5 Å². The fourth-order valence-electron chi connectivity index (χ4n) is 5.00. The largest absolute Gasteiger partial charge is 0.443 e. The molecule has 5 N–H and O–H groups in total. The van der Waals surface area contributed by atoms with Crippen molar-refractivity contribution in [2.45, 2.75) is 90.7 Å². The summed E-state index contributed by atoms with van der Waals surface area (Å²) in [5.74, 6) is -3.83. The average molecular weight is 605 g/mol. The van der Waals surface area contributed by atoms with E-state index >= 15 is 0 Å². The smallest absolute Gasteiger partial charge is 0.249 e. The van der Waals surface area contributed by atoms with E-state index in [0.29, 0.717) is 12.5 Å². The monoisotopic (exact) mass is 604 g/mol. The van der Waals surface area contributed by atoms with E-state index in [9.17, 15) is 33.7 Å². The van der Waals surface area contributed by atoms with Crippen molar-refractivity contribution in [2.75, 3.05) is 0 Å². The minimum absolute atomic E-state index is 0.0576. The summed E-state index contributed by atoms with van der Waals surface area (Å²) in [4.78, 5) is 35.1. The molecule has 0 saturated heterocycles. The molecule has 3 heterocycles. The van der Waals surface area contributed by atoms with Crippen molar-refractivity contribution in [3.05, 3.63) is 59.0 Å². The lowest BCUT2D eigenvalue weighted by molar-refractivity contribution is -0.136. The average Bonchev–Trinajstić information content (AvgIpc) is 3.58. The Labute approximate surface area is 247 Å². The lowest BCUT2D eigenvalue weighted by Gasteiger charge is -2.32. The van der Waals surface area contributed by atoms with Gasteiger partial charge in [-0.25, -0.2) is 18.7 Å². The number of benzene rings is 1. The molecular weight excluding hydrogens is 566 g/mol. The molecule has 0 radical (unpaired) electrons. The molecule has 11 nitrogen and oxygen atoms in total. The number of nitrogens with zero attached hydrogens (tertiary/aromatic N) is 2. The SMILES string of the molecule is CC(C)[C@H](O)C(=O)N[C@H]1CCCCC(O)(c2cc(F)cc(F)c2)c2oc(nc2-c2nc(CO)co2)[C@H](C(C)(C)C)NC1=O. The highest BCUT2D eigenvalue weighted by atomic mass is 19.1. The van der Waals surface area contributed by atoms with Crippen LogP contribution in [0.4, 0.5) is 8.78 Å². The second kappa shape index (κ2) is 12.5. The summed E-state index contributed by atoms with van der Waals surface area (Å²) >= 11 is 0. The summed E-state index contributed by atoms with van der Waals surface area (Å²) in [7, 11) is 0. The van der Waals surface area contributed by atoms with E-state index in [1.807, 2.05) is 20.8 Å². The number of oxazole rings is 2. The zero-order chi connectivity index (χ0) is 31.7. The van der Waals surface area contributed by atoms with Crippen LogP contribution in [0.5, 0.6) is 0 Å². The molecule has 4 atom stereocenters. The Morgan fingerprint density at radius 3 is 2.44 bits per heavy atom. The highest BCUT2D eigenvalue weighted by Gasteiger charge is 2.44. The van der Waals surface area contributed by atoms with Crippen molar-refractivity contribution in [1.29, 1.82) is 0 Å². The van der Waals surface area contributed by atoms with Crippen LogP contribution in [-0.4, -0.2) is 49.2 Å². The van der Waals surface area contributed by atoms with Crippen LogP contribution in [0.25, 0.3) is 11.6 Å². The molecule has 1 aliphatic heterocycles. The van der Waals surface area contributed by atoms with Crippen LogP contribution in [0, 0.1) is 23.0 Å². The number of aliphatic hydroxyl groups is 3. The molecule has 43 heavy (non-hydrogen) atoms. The first-order valence-corrected chi connectivity index (χ1v) is 14.2. The number of carbonyl (C=O) groups excluding carboxylic acids is 2. The molecule has 2 bridgehead atoms. The number of rotatable bonds is 6. The molecular formula is C30H38F2N4O7. The van der Waals surface area contributed by atoms with Crippen LogP contribution in [0.3, 0.4) is 0 Å². The fourth-order valence-corrected chi connectivity index (χ4v) is 5.00. The molecule has 0 spiro atoms. The lowest BCUT2D eigenvalue weighted by Crippen LogP contribution is -2.52. The first kappa shape index (κ1) is 32.2. The topological polar surface area (TPSA) is 171 Å². The van der Waals surface area contributed by atoms with Crippen molar-refractivity contribution in [3.8, 4) is 11.6 Å².